The Balaban J connectivity index is 4.68. The Morgan fingerprint density at radius 1 is 0.400 bits per heavy atom. The van der Waals surface area contributed by atoms with E-state index in [4.69, 9.17) is 23.3 Å². The van der Waals surface area contributed by atoms with Gasteiger partial charge in [0.05, 0.1) is 19.8 Å². The lowest BCUT2D eigenvalue weighted by Gasteiger charge is -2.21. The summed E-state index contributed by atoms with van der Waals surface area (Å²) in [5.41, 5.74) is 0. The van der Waals surface area contributed by atoms with Crippen molar-refractivity contribution in [2.45, 2.75) is 303 Å². The van der Waals surface area contributed by atoms with Gasteiger partial charge in [0, 0.05) is 19.3 Å². The molecule has 412 valence electrons. The highest BCUT2D eigenvalue weighted by molar-refractivity contribution is 7.47. The maximum atomic E-state index is 12.9. The van der Waals surface area contributed by atoms with E-state index >= 15 is 0 Å². The lowest BCUT2D eigenvalue weighted by molar-refractivity contribution is -0.161. The molecule has 11 nitrogen and oxygen atoms in total. The monoisotopic (exact) mass is 1010 g/mol. The number of hydrogen-bond donors (Lipinski definition) is 2. The van der Waals surface area contributed by atoms with Crippen LogP contribution in [0.5, 0.6) is 0 Å². The van der Waals surface area contributed by atoms with E-state index in [0.717, 1.165) is 83.5 Å². The summed E-state index contributed by atoms with van der Waals surface area (Å²) >= 11 is 0. The summed E-state index contributed by atoms with van der Waals surface area (Å²) in [5.74, 6) is -1.46. The van der Waals surface area contributed by atoms with Crippen LogP contribution in [-0.2, 0) is 42.2 Å². The second-order valence-electron chi connectivity index (χ2n) is 19.8. The van der Waals surface area contributed by atoms with Gasteiger partial charge < -0.3 is 24.2 Å². The normalized spacial score (nSPS) is 13.5. The zero-order valence-electron chi connectivity index (χ0n) is 45.5. The van der Waals surface area contributed by atoms with Gasteiger partial charge >= 0.3 is 25.7 Å². The van der Waals surface area contributed by atoms with Gasteiger partial charge in [-0.2, -0.15) is 0 Å². The van der Waals surface area contributed by atoms with E-state index in [1.807, 2.05) is 0 Å². The molecule has 12 heteroatoms. The van der Waals surface area contributed by atoms with Crippen LogP contribution in [0, 0.1) is 0 Å². The molecule has 0 heterocycles. The van der Waals surface area contributed by atoms with Gasteiger partial charge in [-0.15, -0.1) is 0 Å². The van der Waals surface area contributed by atoms with Gasteiger partial charge in [0.2, 0.25) is 0 Å². The average Bonchev–Trinajstić information content (AvgIpc) is 3.35. The standard InChI is InChI=1S/C58H109O11P/c1-4-7-10-13-16-19-22-25-26-27-28-31-34-37-40-43-46-49-58(62)69-55(51-65-56(60)47-44-41-38-35-32-29-23-20-17-14-11-8-5-2)53-67-70(63,64)66-52-54(50-59)68-57(61)48-45-42-39-36-33-30-24-21-18-15-12-9-6-3/h11,14,20,23,54-55,59H,4-10,12-13,15-19,21-22,24-53H2,1-3H3,(H,63,64)/b14-11-,23-20-. The number of carbonyl (C=O) groups is 3. The molecule has 0 aliphatic heterocycles. The minimum Gasteiger partial charge on any atom is -0.462 e. The highest BCUT2D eigenvalue weighted by atomic mass is 31.2. The molecule has 0 saturated carbocycles. The van der Waals surface area contributed by atoms with Crippen molar-refractivity contribution in [1.29, 1.82) is 0 Å². The van der Waals surface area contributed by atoms with Crippen LogP contribution >= 0.6 is 7.82 Å². The third kappa shape index (κ3) is 50.9. The molecule has 0 bridgehead atoms. The van der Waals surface area contributed by atoms with Gasteiger partial charge in [0.25, 0.3) is 0 Å². The summed E-state index contributed by atoms with van der Waals surface area (Å²) in [6.45, 7) is 4.61. The van der Waals surface area contributed by atoms with E-state index in [9.17, 15) is 28.9 Å². The van der Waals surface area contributed by atoms with Crippen LogP contribution in [0.2, 0.25) is 0 Å². The Bertz CT molecular complexity index is 1270. The maximum absolute atomic E-state index is 12.9. The van der Waals surface area contributed by atoms with E-state index in [-0.39, 0.29) is 25.9 Å². The van der Waals surface area contributed by atoms with Crippen molar-refractivity contribution in [2.24, 2.45) is 0 Å². The first-order chi connectivity index (χ1) is 34.2. The van der Waals surface area contributed by atoms with Gasteiger partial charge in [-0.25, -0.2) is 4.57 Å². The minimum atomic E-state index is -4.74. The molecule has 0 saturated heterocycles. The van der Waals surface area contributed by atoms with Crippen LogP contribution in [0.1, 0.15) is 290 Å². The number of aliphatic hydroxyl groups excluding tert-OH is 1. The quantitative estimate of drug-likeness (QED) is 0.0197. The van der Waals surface area contributed by atoms with Gasteiger partial charge in [0.1, 0.15) is 12.7 Å². The molecule has 0 aliphatic rings. The number of phosphoric ester groups is 1. The highest BCUT2D eigenvalue weighted by Gasteiger charge is 2.28. The van der Waals surface area contributed by atoms with Crippen molar-refractivity contribution in [1.82, 2.24) is 0 Å². The summed E-state index contributed by atoms with van der Waals surface area (Å²) in [7, 11) is -4.74. The van der Waals surface area contributed by atoms with E-state index in [1.165, 1.54) is 148 Å². The van der Waals surface area contributed by atoms with E-state index in [1.54, 1.807) is 0 Å². The molecule has 0 amide bonds. The Kier molecular flexibility index (Phi) is 51.7. The molecule has 0 radical (unpaired) electrons. The summed E-state index contributed by atoms with van der Waals surface area (Å²) in [6.07, 6.45) is 52.8. The summed E-state index contributed by atoms with van der Waals surface area (Å²) < 4.78 is 39.5. The Labute approximate surface area is 429 Å². The van der Waals surface area contributed by atoms with E-state index in [2.05, 4.69) is 45.1 Å². The predicted octanol–water partition coefficient (Wildman–Crippen LogP) is 17.0. The number of allylic oxidation sites excluding steroid dienone is 4. The molecule has 3 atom stereocenters. The van der Waals surface area contributed by atoms with Crippen LogP contribution in [0.25, 0.3) is 0 Å². The molecule has 0 aromatic heterocycles. The topological polar surface area (TPSA) is 155 Å². The summed E-state index contributed by atoms with van der Waals surface area (Å²) in [5, 5.41) is 9.80. The molecule has 0 aromatic carbocycles. The van der Waals surface area contributed by atoms with Crippen molar-refractivity contribution in [3.8, 4) is 0 Å². The number of carbonyl (C=O) groups excluding carboxylic acids is 3. The first-order valence-electron chi connectivity index (χ1n) is 29.2. The summed E-state index contributed by atoms with van der Waals surface area (Å²) in [4.78, 5) is 48.5. The highest BCUT2D eigenvalue weighted by Crippen LogP contribution is 2.43. The fourth-order valence-corrected chi connectivity index (χ4v) is 9.18. The number of unbranched alkanes of at least 4 members (excludes halogenated alkanes) is 34. The largest absolute Gasteiger partial charge is 0.472 e. The molecule has 0 rings (SSSR count). The molecule has 0 spiro atoms. The number of esters is 3. The van der Waals surface area contributed by atoms with Gasteiger partial charge in [-0.3, -0.25) is 23.4 Å². The lowest BCUT2D eigenvalue weighted by atomic mass is 10.0. The number of phosphoric acid groups is 1. The van der Waals surface area contributed by atoms with E-state index < -0.39 is 57.8 Å². The van der Waals surface area contributed by atoms with Crippen molar-refractivity contribution < 1.29 is 52.2 Å². The molecular weight excluding hydrogens is 904 g/mol. The average molecular weight is 1010 g/mol. The Morgan fingerprint density at radius 3 is 1.11 bits per heavy atom. The lowest BCUT2D eigenvalue weighted by Crippen LogP contribution is -2.30. The van der Waals surface area contributed by atoms with Crippen LogP contribution in [0.3, 0.4) is 0 Å². The molecule has 0 aromatic rings. The number of hydrogen-bond acceptors (Lipinski definition) is 10. The minimum absolute atomic E-state index is 0.172. The fourth-order valence-electron chi connectivity index (χ4n) is 8.40. The fraction of sp³-hybridized carbons (Fsp3) is 0.879. The molecule has 0 aliphatic carbocycles. The van der Waals surface area contributed by atoms with Gasteiger partial charge in [-0.05, 0) is 44.9 Å². The molecule has 2 N–H and O–H groups in total. The first-order valence-corrected chi connectivity index (χ1v) is 30.7. The first kappa shape index (κ1) is 68.0. The predicted molar refractivity (Wildman–Crippen MR) is 289 cm³/mol. The van der Waals surface area contributed by atoms with Gasteiger partial charge in [-0.1, -0.05) is 251 Å². The van der Waals surface area contributed by atoms with Crippen molar-refractivity contribution in [3.05, 3.63) is 24.3 Å². The third-order valence-electron chi connectivity index (χ3n) is 12.9. The summed E-state index contributed by atoms with van der Waals surface area (Å²) in [6, 6.07) is 0. The van der Waals surface area contributed by atoms with Crippen molar-refractivity contribution in [3.63, 3.8) is 0 Å². The SMILES string of the molecule is CCC/C=C\C/C=C\CCCCCCCC(=O)OCC(COP(=O)(O)OCC(CO)OC(=O)CCCCCCCCCCCCCCC)OC(=O)CCCCCCCCCCCCCCCCCCC. The number of aliphatic hydroxyl groups is 1. The number of rotatable bonds is 55. The maximum Gasteiger partial charge on any atom is 0.472 e. The molecule has 70 heavy (non-hydrogen) atoms. The smallest absolute Gasteiger partial charge is 0.462 e. The van der Waals surface area contributed by atoms with Crippen LogP contribution < -0.4 is 0 Å². The van der Waals surface area contributed by atoms with Crippen LogP contribution in [0.4, 0.5) is 0 Å². The molecule has 0 fully saturated rings. The Morgan fingerprint density at radius 2 is 0.729 bits per heavy atom. The van der Waals surface area contributed by atoms with E-state index in [0.29, 0.717) is 19.3 Å². The van der Waals surface area contributed by atoms with Crippen molar-refractivity contribution in [2.75, 3.05) is 26.4 Å². The zero-order chi connectivity index (χ0) is 51.3. The van der Waals surface area contributed by atoms with Crippen molar-refractivity contribution >= 4 is 25.7 Å². The van der Waals surface area contributed by atoms with Crippen LogP contribution in [0.15, 0.2) is 24.3 Å². The second-order valence-corrected chi connectivity index (χ2v) is 21.3. The Hall–Kier alpha value is -2.04. The third-order valence-corrected chi connectivity index (χ3v) is 13.8. The zero-order valence-corrected chi connectivity index (χ0v) is 46.4. The molecule has 3 unspecified atom stereocenters. The van der Waals surface area contributed by atoms with Crippen LogP contribution in [-0.4, -0.2) is 66.5 Å². The molecular formula is C58H109O11P. The second kappa shape index (κ2) is 53.3. The number of ether oxygens (including phenoxy) is 3. The van der Waals surface area contributed by atoms with Gasteiger partial charge in [0.15, 0.2) is 6.10 Å².